The standard InChI is InChI=1S/C50H73N7O9S/c1-32(2)43(53-49(64)50(4,5)54-39(58)23-13-10-16-27-57-40(59)24-25-41(57)60)48(63)55(6)44(35-20-14-15-21-35)38(65-7)31-42(61)56-28-17-22-37(56)45(66-8)33(3)46(62)52-36(47-51-26-29-67-47)30-34-18-11-9-12-19-34/h9,11-12,18-19,24-26,29,32-33,35-38,43-45H,10,13-17,20-23,27-28,30-31H2,1-8H3,(H,52,62)(H,53,64)(H,54,58)/t33-,36+,37+,38-,43+,44+,45-/m1/s1. The van der Waals surface area contributed by atoms with E-state index in [4.69, 9.17) is 9.47 Å². The highest BCUT2D eigenvalue weighted by Gasteiger charge is 2.45. The Labute approximate surface area is 400 Å². The second-order valence-electron chi connectivity index (χ2n) is 19.2. The molecule has 0 spiro atoms. The third-order valence-corrected chi connectivity index (χ3v) is 14.6. The van der Waals surface area contributed by atoms with Gasteiger partial charge in [-0.2, -0.15) is 0 Å². The van der Waals surface area contributed by atoms with Crippen molar-refractivity contribution in [2.24, 2.45) is 17.8 Å². The van der Waals surface area contributed by atoms with Gasteiger partial charge in [-0.1, -0.05) is 70.4 Å². The van der Waals surface area contributed by atoms with E-state index < -0.39 is 41.7 Å². The number of hydrogen-bond acceptors (Lipinski definition) is 11. The molecule has 17 heteroatoms. The predicted octanol–water partition coefficient (Wildman–Crippen LogP) is 5.13. The maximum absolute atomic E-state index is 14.6. The normalized spacial score (nSPS) is 19.3. The highest BCUT2D eigenvalue weighted by atomic mass is 32.1. The quantitative estimate of drug-likeness (QED) is 0.0887. The minimum atomic E-state index is -1.34. The number of aromatic nitrogens is 1. The number of methoxy groups -OCH3 is 2. The highest BCUT2D eigenvalue weighted by molar-refractivity contribution is 7.09. The van der Waals surface area contributed by atoms with E-state index >= 15 is 0 Å². The maximum Gasteiger partial charge on any atom is 0.253 e. The molecule has 1 saturated carbocycles. The van der Waals surface area contributed by atoms with Gasteiger partial charge >= 0.3 is 0 Å². The second-order valence-corrected chi connectivity index (χ2v) is 20.1. The number of carbonyl (C=O) groups is 7. The largest absolute Gasteiger partial charge is 0.379 e. The molecule has 1 aromatic carbocycles. The molecule has 16 nitrogen and oxygen atoms in total. The van der Waals surface area contributed by atoms with Crippen LogP contribution in [0, 0.1) is 17.8 Å². The molecule has 0 unspecified atom stereocenters. The maximum atomic E-state index is 14.6. The van der Waals surface area contributed by atoms with Crippen LogP contribution in [0.5, 0.6) is 0 Å². The van der Waals surface area contributed by atoms with Gasteiger partial charge in [-0.3, -0.25) is 38.5 Å². The number of rotatable bonds is 25. The predicted molar refractivity (Wildman–Crippen MR) is 255 cm³/mol. The van der Waals surface area contributed by atoms with Crippen LogP contribution >= 0.6 is 11.3 Å². The molecule has 3 heterocycles. The summed E-state index contributed by atoms with van der Waals surface area (Å²) in [6.45, 7) is 9.52. The van der Waals surface area contributed by atoms with Crippen molar-refractivity contribution in [3.63, 3.8) is 0 Å². The summed E-state index contributed by atoms with van der Waals surface area (Å²) in [5, 5.41) is 11.7. The Bertz CT molecular complexity index is 2010. The summed E-state index contributed by atoms with van der Waals surface area (Å²) < 4.78 is 12.2. The number of carbonyl (C=O) groups excluding carboxylic acids is 7. The van der Waals surface area contributed by atoms with Gasteiger partial charge < -0.3 is 35.2 Å². The van der Waals surface area contributed by atoms with E-state index in [1.54, 1.807) is 46.2 Å². The van der Waals surface area contributed by atoms with Gasteiger partial charge in [-0.25, -0.2) is 4.98 Å². The first kappa shape index (κ1) is 53.0. The third-order valence-electron chi connectivity index (χ3n) is 13.7. The molecular formula is C50H73N7O9S. The second kappa shape index (κ2) is 24.9. The van der Waals surface area contributed by atoms with Gasteiger partial charge in [-0.15, -0.1) is 11.3 Å². The smallest absolute Gasteiger partial charge is 0.253 e. The van der Waals surface area contributed by atoms with E-state index in [-0.39, 0.29) is 78.7 Å². The molecule has 7 atom stereocenters. The number of hydrogen-bond donors (Lipinski definition) is 3. The molecular weight excluding hydrogens is 875 g/mol. The Morgan fingerprint density at radius 3 is 2.21 bits per heavy atom. The lowest BCUT2D eigenvalue weighted by Gasteiger charge is -2.41. The number of unbranched alkanes of at least 4 members (excludes halogenated alkanes) is 2. The van der Waals surface area contributed by atoms with E-state index in [0.29, 0.717) is 38.6 Å². The monoisotopic (exact) mass is 948 g/mol. The molecule has 7 amide bonds. The molecule has 5 rings (SSSR count). The molecule has 1 aliphatic carbocycles. The Balaban J connectivity index is 1.21. The summed E-state index contributed by atoms with van der Waals surface area (Å²) in [6.07, 6.45) is 10.5. The topological polar surface area (TPSA) is 197 Å². The average Bonchev–Trinajstić information content (AvgIpc) is 4.16. The summed E-state index contributed by atoms with van der Waals surface area (Å²) in [5.41, 5.74) is -0.268. The van der Waals surface area contributed by atoms with Crippen molar-refractivity contribution in [2.75, 3.05) is 34.4 Å². The van der Waals surface area contributed by atoms with Crippen LogP contribution in [0.15, 0.2) is 54.1 Å². The molecule has 2 fully saturated rings. The van der Waals surface area contributed by atoms with Crippen LogP contribution < -0.4 is 16.0 Å². The minimum Gasteiger partial charge on any atom is -0.379 e. The fourth-order valence-electron chi connectivity index (χ4n) is 9.90. The Morgan fingerprint density at radius 2 is 1.60 bits per heavy atom. The van der Waals surface area contributed by atoms with Crippen LogP contribution in [0.25, 0.3) is 0 Å². The Hall–Kier alpha value is -5.00. The summed E-state index contributed by atoms with van der Waals surface area (Å²) in [7, 11) is 4.87. The molecule has 1 saturated heterocycles. The van der Waals surface area contributed by atoms with Crippen molar-refractivity contribution >= 4 is 52.7 Å². The molecule has 1 aromatic heterocycles. The van der Waals surface area contributed by atoms with E-state index in [1.165, 1.54) is 28.4 Å². The average molecular weight is 948 g/mol. The van der Waals surface area contributed by atoms with E-state index in [2.05, 4.69) is 20.9 Å². The number of amides is 7. The SMILES string of the molecule is CO[C@H]([C@@H](C)C(=O)N[C@@H](Cc1ccccc1)c1nccs1)[C@@H]1CCCN1C(=O)C[C@@H](OC)[C@H](C1CCCC1)N(C)C(=O)[C@@H](NC(=O)C(C)(C)NC(=O)CCCCCN1C(=O)C=CC1=O)C(C)C. The fourth-order valence-corrected chi connectivity index (χ4v) is 10.6. The van der Waals surface area contributed by atoms with E-state index in [1.807, 2.05) is 61.4 Å². The number of nitrogens with zero attached hydrogens (tertiary/aromatic N) is 4. The van der Waals surface area contributed by atoms with Crippen molar-refractivity contribution in [2.45, 2.75) is 154 Å². The van der Waals surface area contributed by atoms with Crippen molar-refractivity contribution in [3.05, 3.63) is 64.6 Å². The number of imide groups is 1. The zero-order valence-corrected chi connectivity index (χ0v) is 41.5. The summed E-state index contributed by atoms with van der Waals surface area (Å²) in [6, 6.07) is 7.87. The first-order valence-electron chi connectivity index (χ1n) is 24.0. The van der Waals surface area contributed by atoms with Crippen molar-refractivity contribution in [1.29, 1.82) is 0 Å². The molecule has 368 valence electrons. The number of likely N-dealkylation sites (tertiary alicyclic amines) is 1. The Kier molecular flexibility index (Phi) is 19.6. The summed E-state index contributed by atoms with van der Waals surface area (Å²) in [5.74, 6) is -3.00. The van der Waals surface area contributed by atoms with Crippen LogP contribution in [0.1, 0.15) is 122 Å². The lowest BCUT2D eigenvalue weighted by Crippen LogP contribution is -2.62. The number of thiazole rings is 1. The van der Waals surface area contributed by atoms with Gasteiger partial charge in [0.05, 0.1) is 42.7 Å². The molecule has 0 radical (unpaired) electrons. The van der Waals surface area contributed by atoms with Gasteiger partial charge in [0, 0.05) is 64.5 Å². The van der Waals surface area contributed by atoms with E-state index in [9.17, 15) is 33.6 Å². The first-order valence-corrected chi connectivity index (χ1v) is 24.9. The van der Waals surface area contributed by atoms with Crippen LogP contribution in [0.4, 0.5) is 0 Å². The van der Waals surface area contributed by atoms with E-state index in [0.717, 1.165) is 42.7 Å². The lowest BCUT2D eigenvalue weighted by molar-refractivity contribution is -0.148. The first-order chi connectivity index (χ1) is 32.0. The fraction of sp³-hybridized carbons (Fsp3) is 0.640. The van der Waals surface area contributed by atoms with Crippen molar-refractivity contribution in [3.8, 4) is 0 Å². The number of ether oxygens (including phenoxy) is 2. The van der Waals surface area contributed by atoms with Gasteiger partial charge in [0.15, 0.2) is 0 Å². The van der Waals surface area contributed by atoms with Gasteiger partial charge in [0.25, 0.3) is 11.8 Å². The van der Waals surface area contributed by atoms with Gasteiger partial charge in [0.1, 0.15) is 16.6 Å². The van der Waals surface area contributed by atoms with Gasteiger partial charge in [0.2, 0.25) is 29.5 Å². The number of likely N-dealkylation sites (N-methyl/N-ethyl adjacent to an activating group) is 1. The van der Waals surface area contributed by atoms with Crippen molar-refractivity contribution in [1.82, 2.24) is 35.6 Å². The van der Waals surface area contributed by atoms with Crippen molar-refractivity contribution < 1.29 is 43.0 Å². The molecule has 0 bridgehead atoms. The van der Waals surface area contributed by atoms with Crippen LogP contribution in [0.3, 0.4) is 0 Å². The Morgan fingerprint density at radius 1 is 0.910 bits per heavy atom. The number of benzene rings is 1. The molecule has 2 aliphatic heterocycles. The lowest BCUT2D eigenvalue weighted by atomic mass is 9.88. The van der Waals surface area contributed by atoms with Crippen LogP contribution in [0.2, 0.25) is 0 Å². The number of nitrogens with one attached hydrogen (secondary N) is 3. The highest BCUT2D eigenvalue weighted by Crippen LogP contribution is 2.35. The molecule has 2 aromatic rings. The summed E-state index contributed by atoms with van der Waals surface area (Å²) in [4.78, 5) is 103. The molecule has 67 heavy (non-hydrogen) atoms. The third kappa shape index (κ3) is 14.0. The molecule has 3 N–H and O–H groups in total. The zero-order chi connectivity index (χ0) is 48.8. The zero-order valence-electron chi connectivity index (χ0n) is 40.7. The molecule has 3 aliphatic rings. The van der Waals surface area contributed by atoms with Crippen LogP contribution in [-0.2, 0) is 49.5 Å². The van der Waals surface area contributed by atoms with Gasteiger partial charge in [-0.05, 0) is 76.2 Å². The summed E-state index contributed by atoms with van der Waals surface area (Å²) >= 11 is 1.49. The minimum absolute atomic E-state index is 0.00940. The van der Waals surface area contributed by atoms with Crippen LogP contribution in [-0.4, -0.2) is 131 Å².